The Morgan fingerprint density at radius 2 is 1.90 bits per heavy atom. The van der Waals surface area contributed by atoms with Gasteiger partial charge in [0, 0.05) is 35.6 Å². The number of aromatic nitrogens is 2. The fraction of sp³-hybridized carbons (Fsp3) is 0.571. The van der Waals surface area contributed by atoms with Gasteiger partial charge in [-0.2, -0.15) is 4.98 Å². The molecule has 0 spiro atoms. The van der Waals surface area contributed by atoms with Crippen molar-refractivity contribution in [2.75, 3.05) is 25.1 Å². The van der Waals surface area contributed by atoms with E-state index < -0.39 is 11.4 Å². The van der Waals surface area contributed by atoms with Crippen LogP contribution in [0.25, 0.3) is 10.8 Å². The molecule has 9 heteroatoms. The molecule has 2 bridgehead atoms. The minimum Gasteiger partial charge on any atom is -0.481 e. The number of piperazine rings is 1. The lowest BCUT2D eigenvalue weighted by molar-refractivity contribution is 0.0123. The molecule has 2 aromatic heterocycles. The van der Waals surface area contributed by atoms with Crippen molar-refractivity contribution in [3.63, 3.8) is 0 Å². The van der Waals surface area contributed by atoms with Crippen LogP contribution in [0.5, 0.6) is 5.88 Å². The van der Waals surface area contributed by atoms with E-state index >= 15 is 0 Å². The number of fused-ring (bicyclic) bond motifs is 3. The lowest BCUT2D eigenvalue weighted by atomic mass is 10.1. The first-order chi connectivity index (χ1) is 14.1. The van der Waals surface area contributed by atoms with Crippen molar-refractivity contribution >= 4 is 34.3 Å². The van der Waals surface area contributed by atoms with E-state index in [-0.39, 0.29) is 23.3 Å². The summed E-state index contributed by atoms with van der Waals surface area (Å²) in [5.41, 5.74) is 0.0338. The van der Waals surface area contributed by atoms with Crippen molar-refractivity contribution in [1.82, 2.24) is 14.9 Å². The Balaban J connectivity index is 1.71. The van der Waals surface area contributed by atoms with Gasteiger partial charge in [-0.1, -0.05) is 11.6 Å². The fourth-order valence-electron chi connectivity index (χ4n) is 4.48. The molecule has 4 rings (SSSR count). The number of methoxy groups -OCH3 is 1. The zero-order chi connectivity index (χ0) is 21.8. The van der Waals surface area contributed by atoms with Crippen molar-refractivity contribution in [2.45, 2.75) is 58.2 Å². The highest BCUT2D eigenvalue weighted by molar-refractivity contribution is 6.30. The number of carbonyl (C=O) groups excluding carboxylic acids is 1. The number of hydrogen-bond acceptors (Lipinski definition) is 6. The molecule has 0 aromatic carbocycles. The van der Waals surface area contributed by atoms with E-state index in [4.69, 9.17) is 21.1 Å². The molecule has 2 saturated heterocycles. The molecule has 2 aliphatic rings. The summed E-state index contributed by atoms with van der Waals surface area (Å²) < 4.78 is 25.9. The van der Waals surface area contributed by atoms with Crippen molar-refractivity contribution in [3.8, 4) is 5.88 Å². The summed E-state index contributed by atoms with van der Waals surface area (Å²) in [6.07, 6.45) is 3.05. The molecule has 4 heterocycles. The van der Waals surface area contributed by atoms with Crippen LogP contribution < -0.4 is 9.64 Å². The molecule has 1 amide bonds. The highest BCUT2D eigenvalue weighted by Gasteiger charge is 2.45. The third-order valence-electron chi connectivity index (χ3n) is 5.70. The molecule has 0 saturated carbocycles. The first-order valence-electron chi connectivity index (χ1n) is 10.0. The Kier molecular flexibility index (Phi) is 5.16. The summed E-state index contributed by atoms with van der Waals surface area (Å²) in [5, 5.41) is 0.763. The second-order valence-corrected chi connectivity index (χ2v) is 9.26. The first kappa shape index (κ1) is 20.9. The van der Waals surface area contributed by atoms with E-state index in [0.29, 0.717) is 41.1 Å². The summed E-state index contributed by atoms with van der Waals surface area (Å²) in [6.45, 7) is 8.50. The van der Waals surface area contributed by atoms with Crippen LogP contribution >= 0.6 is 11.6 Å². The molecule has 2 aromatic rings. The van der Waals surface area contributed by atoms with Crippen LogP contribution in [-0.2, 0) is 4.74 Å². The number of hydrogen-bond donors (Lipinski definition) is 0. The van der Waals surface area contributed by atoms with E-state index in [2.05, 4.69) is 14.9 Å². The largest absolute Gasteiger partial charge is 0.481 e. The molecule has 0 N–H and O–H groups in total. The molecule has 0 radical (unpaired) electrons. The molecule has 2 aliphatic heterocycles. The summed E-state index contributed by atoms with van der Waals surface area (Å²) in [7, 11) is 1.51. The van der Waals surface area contributed by atoms with Crippen LogP contribution in [0, 0.1) is 12.7 Å². The maximum Gasteiger partial charge on any atom is 0.410 e. The van der Waals surface area contributed by atoms with Gasteiger partial charge in [0.15, 0.2) is 11.0 Å². The second-order valence-electron chi connectivity index (χ2n) is 8.90. The number of aryl methyl sites for hydroxylation is 1. The zero-order valence-corrected chi connectivity index (χ0v) is 18.6. The van der Waals surface area contributed by atoms with Gasteiger partial charge in [0.05, 0.1) is 19.2 Å². The molecule has 2 fully saturated rings. The van der Waals surface area contributed by atoms with E-state index in [1.807, 2.05) is 25.7 Å². The minimum absolute atomic E-state index is 0.00727. The van der Waals surface area contributed by atoms with Crippen LogP contribution in [0.15, 0.2) is 6.20 Å². The van der Waals surface area contributed by atoms with E-state index in [0.717, 1.165) is 12.8 Å². The van der Waals surface area contributed by atoms with Crippen LogP contribution in [0.3, 0.4) is 0 Å². The molecule has 162 valence electrons. The number of nitrogens with zero attached hydrogens (tertiary/aromatic N) is 4. The van der Waals surface area contributed by atoms with Crippen molar-refractivity contribution in [1.29, 1.82) is 0 Å². The minimum atomic E-state index is -0.580. The maximum absolute atomic E-state index is 14.8. The monoisotopic (exact) mass is 436 g/mol. The standard InChI is InChI=1S/C21H26ClFN4O3/c1-11-15-14(8-24-17(22)16(15)23)18(25-19(11)29-5)26-9-12-6-7-13(10-26)27(12)20(28)30-21(2,3)4/h8,12-13H,6-7,9-10H2,1-5H3. The first-order valence-corrected chi connectivity index (χ1v) is 10.4. The van der Waals surface area contributed by atoms with Crippen molar-refractivity contribution in [2.24, 2.45) is 0 Å². The highest BCUT2D eigenvalue weighted by atomic mass is 35.5. The summed E-state index contributed by atoms with van der Waals surface area (Å²) in [6, 6.07) is 0.0145. The van der Waals surface area contributed by atoms with E-state index in [1.54, 1.807) is 13.1 Å². The van der Waals surface area contributed by atoms with E-state index in [9.17, 15) is 9.18 Å². The van der Waals surface area contributed by atoms with Gasteiger partial charge in [-0.05, 0) is 40.5 Å². The van der Waals surface area contributed by atoms with Gasteiger partial charge in [-0.15, -0.1) is 0 Å². The van der Waals surface area contributed by atoms with Crippen LogP contribution in [-0.4, -0.2) is 58.8 Å². The molecular formula is C21H26ClFN4O3. The van der Waals surface area contributed by atoms with Crippen LogP contribution in [0.4, 0.5) is 15.0 Å². The Morgan fingerprint density at radius 1 is 1.27 bits per heavy atom. The highest BCUT2D eigenvalue weighted by Crippen LogP contribution is 2.39. The average molecular weight is 437 g/mol. The van der Waals surface area contributed by atoms with Crippen LogP contribution in [0.1, 0.15) is 39.2 Å². The average Bonchev–Trinajstić information content (AvgIpc) is 2.93. The summed E-state index contributed by atoms with van der Waals surface area (Å²) >= 11 is 5.94. The Labute approximate surface area is 180 Å². The third kappa shape index (κ3) is 3.51. The van der Waals surface area contributed by atoms with Crippen molar-refractivity contribution < 1.29 is 18.7 Å². The number of halogens is 2. The maximum atomic E-state index is 14.8. The Bertz CT molecular complexity index is 996. The number of amides is 1. The number of ether oxygens (including phenoxy) is 2. The van der Waals surface area contributed by atoms with Gasteiger partial charge in [0.1, 0.15) is 11.4 Å². The van der Waals surface area contributed by atoms with Crippen LogP contribution in [0.2, 0.25) is 5.15 Å². The Morgan fingerprint density at radius 3 is 2.47 bits per heavy atom. The summed E-state index contributed by atoms with van der Waals surface area (Å²) in [5.74, 6) is 0.362. The number of anilines is 1. The number of carbonyl (C=O) groups is 1. The predicted octanol–water partition coefficient (Wildman–Crippen LogP) is 4.33. The number of pyridine rings is 2. The predicted molar refractivity (Wildman–Crippen MR) is 113 cm³/mol. The normalized spacial score (nSPS) is 21.3. The Hall–Kier alpha value is -2.35. The van der Waals surface area contributed by atoms with Gasteiger partial charge in [0.25, 0.3) is 0 Å². The number of rotatable bonds is 2. The lowest BCUT2D eigenvalue weighted by Crippen LogP contribution is -2.57. The van der Waals surface area contributed by atoms with Gasteiger partial charge in [-0.25, -0.2) is 14.2 Å². The van der Waals surface area contributed by atoms with Gasteiger partial charge in [0.2, 0.25) is 5.88 Å². The molecule has 2 unspecified atom stereocenters. The smallest absolute Gasteiger partial charge is 0.410 e. The third-order valence-corrected chi connectivity index (χ3v) is 5.96. The van der Waals surface area contributed by atoms with Gasteiger partial charge >= 0.3 is 6.09 Å². The molecular weight excluding hydrogens is 411 g/mol. The lowest BCUT2D eigenvalue weighted by Gasteiger charge is -2.42. The topological polar surface area (TPSA) is 67.8 Å². The van der Waals surface area contributed by atoms with Crippen molar-refractivity contribution in [3.05, 3.63) is 22.7 Å². The second kappa shape index (κ2) is 7.41. The molecule has 0 aliphatic carbocycles. The van der Waals surface area contributed by atoms with Gasteiger partial charge < -0.3 is 14.4 Å². The van der Waals surface area contributed by atoms with Gasteiger partial charge in [-0.3, -0.25) is 4.90 Å². The van der Waals surface area contributed by atoms with E-state index in [1.165, 1.54) is 7.11 Å². The zero-order valence-electron chi connectivity index (χ0n) is 17.8. The molecule has 2 atom stereocenters. The fourth-order valence-corrected chi connectivity index (χ4v) is 4.62. The quantitative estimate of drug-likeness (QED) is 0.653. The SMILES string of the molecule is COc1nc(N2CC3CCC(C2)N3C(=O)OC(C)(C)C)c2cnc(Cl)c(F)c2c1C. The molecule has 30 heavy (non-hydrogen) atoms. The molecule has 7 nitrogen and oxygen atoms in total. The summed E-state index contributed by atoms with van der Waals surface area (Å²) in [4.78, 5) is 25.3.